The Kier molecular flexibility index (Phi) is 7.14. The number of carbonyl (C=O) groups is 2. The van der Waals surface area contributed by atoms with Crippen molar-refractivity contribution in [1.29, 1.82) is 0 Å². The predicted octanol–water partition coefficient (Wildman–Crippen LogP) is 2.49. The topological polar surface area (TPSA) is 105 Å². The Bertz CT molecular complexity index is 1090. The van der Waals surface area contributed by atoms with Gasteiger partial charge in [-0.05, 0) is 50.1 Å². The molecule has 1 aliphatic rings. The highest BCUT2D eigenvalue weighted by Gasteiger charge is 2.28. The van der Waals surface area contributed by atoms with Crippen LogP contribution < -0.4 is 15.6 Å². The molecule has 1 unspecified atom stereocenters. The van der Waals surface area contributed by atoms with Crippen molar-refractivity contribution in [3.63, 3.8) is 0 Å². The van der Waals surface area contributed by atoms with Gasteiger partial charge in [0.25, 0.3) is 11.8 Å². The highest BCUT2D eigenvalue weighted by atomic mass is 35.5. The van der Waals surface area contributed by atoms with Gasteiger partial charge in [0, 0.05) is 13.1 Å². The van der Waals surface area contributed by atoms with E-state index in [1.165, 1.54) is 41.6 Å². The number of nitrogens with one attached hydrogen (secondary N) is 2. The first-order valence-electron chi connectivity index (χ1n) is 9.51. The van der Waals surface area contributed by atoms with Crippen molar-refractivity contribution < 1.29 is 27.1 Å². The molecule has 1 fully saturated rings. The first-order chi connectivity index (χ1) is 14.7. The molecular weight excluding hydrogens is 449 g/mol. The fourth-order valence-electron chi connectivity index (χ4n) is 2.99. The zero-order valence-electron chi connectivity index (χ0n) is 16.6. The van der Waals surface area contributed by atoms with Crippen molar-refractivity contribution >= 4 is 33.4 Å². The summed E-state index contributed by atoms with van der Waals surface area (Å²) in [6, 6.07) is 9.39. The Morgan fingerprint density at radius 2 is 1.81 bits per heavy atom. The van der Waals surface area contributed by atoms with Crippen LogP contribution in [0.5, 0.6) is 5.75 Å². The van der Waals surface area contributed by atoms with Gasteiger partial charge in [-0.3, -0.25) is 20.4 Å². The number of ether oxygens (including phenoxy) is 1. The lowest BCUT2D eigenvalue weighted by Gasteiger charge is -2.17. The van der Waals surface area contributed by atoms with Crippen LogP contribution >= 0.6 is 11.6 Å². The van der Waals surface area contributed by atoms with Gasteiger partial charge in [-0.2, -0.15) is 4.31 Å². The molecule has 0 radical (unpaired) electrons. The van der Waals surface area contributed by atoms with E-state index in [1.807, 2.05) is 0 Å². The molecule has 0 aromatic heterocycles. The summed E-state index contributed by atoms with van der Waals surface area (Å²) in [6.45, 7) is 2.22. The van der Waals surface area contributed by atoms with Crippen molar-refractivity contribution in [1.82, 2.24) is 15.2 Å². The van der Waals surface area contributed by atoms with Crippen molar-refractivity contribution in [3.05, 3.63) is 58.9 Å². The van der Waals surface area contributed by atoms with Crippen LogP contribution in [0.4, 0.5) is 4.39 Å². The number of hydrogen-bond donors (Lipinski definition) is 2. The van der Waals surface area contributed by atoms with Crippen LogP contribution in [0.15, 0.2) is 47.4 Å². The number of para-hydroxylation sites is 1. The van der Waals surface area contributed by atoms with E-state index in [0.29, 0.717) is 13.1 Å². The SMILES string of the molecule is CC(Oc1ccccc1F)C(=O)NNC(=O)c1cc(S(=O)(=O)N2CCCC2)ccc1Cl. The lowest BCUT2D eigenvalue weighted by atomic mass is 10.2. The number of halogens is 2. The van der Waals surface area contributed by atoms with Gasteiger partial charge in [0.2, 0.25) is 10.0 Å². The highest BCUT2D eigenvalue weighted by Crippen LogP contribution is 2.25. The van der Waals surface area contributed by atoms with E-state index in [4.69, 9.17) is 16.3 Å². The van der Waals surface area contributed by atoms with Gasteiger partial charge >= 0.3 is 0 Å². The molecule has 1 saturated heterocycles. The van der Waals surface area contributed by atoms with Crippen molar-refractivity contribution in [2.24, 2.45) is 0 Å². The number of hydrogen-bond acceptors (Lipinski definition) is 5. The van der Waals surface area contributed by atoms with Crippen molar-refractivity contribution in [2.45, 2.75) is 30.8 Å². The van der Waals surface area contributed by atoms with Crippen LogP contribution in [0.3, 0.4) is 0 Å². The van der Waals surface area contributed by atoms with Crippen LogP contribution in [-0.2, 0) is 14.8 Å². The molecule has 31 heavy (non-hydrogen) atoms. The zero-order valence-corrected chi connectivity index (χ0v) is 18.2. The van der Waals surface area contributed by atoms with Crippen LogP contribution in [0.25, 0.3) is 0 Å². The number of amides is 2. The Morgan fingerprint density at radius 3 is 2.48 bits per heavy atom. The Morgan fingerprint density at radius 1 is 1.13 bits per heavy atom. The molecule has 2 amide bonds. The van der Waals surface area contributed by atoms with Gasteiger partial charge in [-0.15, -0.1) is 0 Å². The first kappa shape index (κ1) is 23.0. The minimum absolute atomic E-state index is 0.0165. The van der Waals surface area contributed by atoms with Gasteiger partial charge in [0.1, 0.15) is 0 Å². The van der Waals surface area contributed by atoms with Crippen LogP contribution in [0, 0.1) is 5.82 Å². The molecule has 0 aliphatic carbocycles. The summed E-state index contributed by atoms with van der Waals surface area (Å²) in [5, 5.41) is 0.0165. The maximum atomic E-state index is 13.6. The third kappa shape index (κ3) is 5.33. The fraction of sp³-hybridized carbons (Fsp3) is 0.300. The predicted molar refractivity (Wildman–Crippen MR) is 112 cm³/mol. The fourth-order valence-corrected chi connectivity index (χ4v) is 4.74. The van der Waals surface area contributed by atoms with E-state index < -0.39 is 33.8 Å². The maximum Gasteiger partial charge on any atom is 0.279 e. The number of nitrogens with zero attached hydrogens (tertiary/aromatic N) is 1. The third-order valence-electron chi connectivity index (χ3n) is 4.69. The monoisotopic (exact) mass is 469 g/mol. The standard InChI is InChI=1S/C20H21ClFN3O5S/c1-13(30-18-7-3-2-6-17(18)22)19(26)23-24-20(27)15-12-14(8-9-16(15)21)31(28,29)25-10-4-5-11-25/h2-3,6-9,12-13H,4-5,10-11H2,1H3,(H,23,26)(H,24,27). The number of sulfonamides is 1. The summed E-state index contributed by atoms with van der Waals surface area (Å²) in [4.78, 5) is 24.6. The molecule has 1 aliphatic heterocycles. The molecule has 1 heterocycles. The van der Waals surface area contributed by atoms with E-state index in [0.717, 1.165) is 18.9 Å². The molecule has 3 rings (SSSR count). The summed E-state index contributed by atoms with van der Waals surface area (Å²) >= 11 is 6.06. The Balaban J connectivity index is 1.66. The second-order valence-electron chi connectivity index (χ2n) is 6.89. The Hall–Kier alpha value is -2.69. The summed E-state index contributed by atoms with van der Waals surface area (Å²) in [5.74, 6) is -2.29. The minimum atomic E-state index is -3.74. The van der Waals surface area contributed by atoms with Gasteiger partial charge < -0.3 is 4.74 Å². The Labute approximate surface area is 184 Å². The van der Waals surface area contributed by atoms with E-state index in [1.54, 1.807) is 6.07 Å². The van der Waals surface area contributed by atoms with E-state index in [2.05, 4.69) is 10.9 Å². The maximum absolute atomic E-state index is 13.6. The average Bonchev–Trinajstić information content (AvgIpc) is 3.29. The molecule has 166 valence electrons. The summed E-state index contributed by atoms with van der Waals surface area (Å²) < 4.78 is 45.7. The van der Waals surface area contributed by atoms with E-state index in [-0.39, 0.29) is 21.2 Å². The first-order valence-corrected chi connectivity index (χ1v) is 11.3. The molecule has 0 bridgehead atoms. The number of hydrazine groups is 1. The summed E-state index contributed by atoms with van der Waals surface area (Å²) in [5.41, 5.74) is 4.20. The third-order valence-corrected chi connectivity index (χ3v) is 6.92. The van der Waals surface area contributed by atoms with Gasteiger partial charge in [0.15, 0.2) is 17.7 Å². The van der Waals surface area contributed by atoms with Gasteiger partial charge in [-0.1, -0.05) is 23.7 Å². The quantitative estimate of drug-likeness (QED) is 0.632. The number of carbonyl (C=O) groups excluding carboxylic acids is 2. The number of rotatable bonds is 6. The molecule has 11 heteroatoms. The lowest BCUT2D eigenvalue weighted by Crippen LogP contribution is -2.47. The second kappa shape index (κ2) is 9.63. The van der Waals surface area contributed by atoms with Gasteiger partial charge in [-0.25, -0.2) is 12.8 Å². The minimum Gasteiger partial charge on any atom is -0.478 e. The van der Waals surface area contributed by atoms with Crippen LogP contribution in [-0.4, -0.2) is 43.7 Å². The number of benzene rings is 2. The van der Waals surface area contributed by atoms with E-state index >= 15 is 0 Å². The molecule has 2 N–H and O–H groups in total. The van der Waals surface area contributed by atoms with Crippen LogP contribution in [0.1, 0.15) is 30.1 Å². The molecule has 2 aromatic carbocycles. The van der Waals surface area contributed by atoms with Gasteiger partial charge in [0.05, 0.1) is 15.5 Å². The summed E-state index contributed by atoms with van der Waals surface area (Å²) in [6.07, 6.45) is 0.438. The lowest BCUT2D eigenvalue weighted by molar-refractivity contribution is -0.128. The molecule has 8 nitrogen and oxygen atoms in total. The molecule has 0 spiro atoms. The van der Waals surface area contributed by atoms with Crippen molar-refractivity contribution in [3.8, 4) is 5.75 Å². The average molecular weight is 470 g/mol. The molecule has 1 atom stereocenters. The zero-order chi connectivity index (χ0) is 22.6. The highest BCUT2D eigenvalue weighted by molar-refractivity contribution is 7.89. The van der Waals surface area contributed by atoms with Crippen LogP contribution in [0.2, 0.25) is 5.02 Å². The van der Waals surface area contributed by atoms with Crippen molar-refractivity contribution in [2.75, 3.05) is 13.1 Å². The molecular formula is C20H21ClFN3O5S. The summed E-state index contributed by atoms with van der Waals surface area (Å²) in [7, 11) is -3.74. The largest absolute Gasteiger partial charge is 0.478 e. The molecule has 0 saturated carbocycles. The van der Waals surface area contributed by atoms with E-state index in [9.17, 15) is 22.4 Å². The smallest absolute Gasteiger partial charge is 0.279 e. The second-order valence-corrected chi connectivity index (χ2v) is 9.23. The molecule has 2 aromatic rings. The normalized spacial score (nSPS) is 15.3.